The molecule has 0 saturated heterocycles. The Bertz CT molecular complexity index is 1530. The summed E-state index contributed by atoms with van der Waals surface area (Å²) in [6.45, 7) is 7.38. The molecule has 1 N–H and O–H groups in total. The topological polar surface area (TPSA) is 92.2 Å². The molecule has 2 saturated carbocycles. The molecule has 216 valence electrons. The monoisotopic (exact) mass is 611 g/mol. The lowest BCUT2D eigenvalue weighted by Crippen LogP contribution is -2.40. The zero-order chi connectivity index (χ0) is 29.1. The van der Waals surface area contributed by atoms with Gasteiger partial charge in [-0.25, -0.2) is 4.98 Å². The van der Waals surface area contributed by atoms with E-state index in [9.17, 15) is 0 Å². The van der Waals surface area contributed by atoms with Crippen molar-refractivity contribution >= 4 is 44.8 Å². The fourth-order valence-electron chi connectivity index (χ4n) is 6.10. The molecule has 2 aromatic carbocycles. The van der Waals surface area contributed by atoms with Crippen molar-refractivity contribution in [2.45, 2.75) is 84.0 Å². The van der Waals surface area contributed by atoms with Gasteiger partial charge in [0.15, 0.2) is 0 Å². The number of nitriles is 1. The summed E-state index contributed by atoms with van der Waals surface area (Å²) >= 11 is 14.4. The summed E-state index contributed by atoms with van der Waals surface area (Å²) in [5.41, 5.74) is 3.90. The first-order valence-electron chi connectivity index (χ1n) is 14.2. The fourth-order valence-corrected chi connectivity index (χ4v) is 7.54. The summed E-state index contributed by atoms with van der Waals surface area (Å²) in [5, 5.41) is 23.8. The summed E-state index contributed by atoms with van der Waals surface area (Å²) in [6, 6.07) is 12.9. The molecule has 2 aromatic heterocycles. The number of hydrogen-bond donors (Lipinski definition) is 1. The lowest BCUT2D eigenvalue weighted by Gasteiger charge is -2.42. The van der Waals surface area contributed by atoms with Gasteiger partial charge in [-0.1, -0.05) is 55.2 Å². The molecule has 6 rings (SSSR count). The van der Waals surface area contributed by atoms with Crippen molar-refractivity contribution in [2.24, 2.45) is 11.8 Å². The third-order valence-electron chi connectivity index (χ3n) is 8.08. The highest BCUT2D eigenvalue weighted by Crippen LogP contribution is 2.47. The number of aromatic nitrogens is 2. The number of benzene rings is 2. The lowest BCUT2D eigenvalue weighted by atomic mass is 9.72. The minimum absolute atomic E-state index is 0.0404. The molecule has 0 aliphatic heterocycles. The number of aliphatic hydroxyl groups excluding tert-OH is 1. The predicted octanol–water partition coefficient (Wildman–Crippen LogP) is 9.31. The van der Waals surface area contributed by atoms with Crippen molar-refractivity contribution in [2.75, 3.05) is 0 Å². The van der Waals surface area contributed by atoms with Gasteiger partial charge in [-0.2, -0.15) is 5.26 Å². The highest BCUT2D eigenvalue weighted by atomic mass is 35.5. The summed E-state index contributed by atoms with van der Waals surface area (Å²) in [7, 11) is 0. The lowest BCUT2D eigenvalue weighted by molar-refractivity contribution is -0.105. The third-order valence-corrected chi connectivity index (χ3v) is 9.71. The van der Waals surface area contributed by atoms with Crippen molar-refractivity contribution in [3.8, 4) is 17.3 Å². The first-order chi connectivity index (χ1) is 19.8. The van der Waals surface area contributed by atoms with E-state index in [4.69, 9.17) is 42.8 Å². The molecule has 0 radical (unpaired) electrons. The van der Waals surface area contributed by atoms with E-state index in [0.29, 0.717) is 45.0 Å². The van der Waals surface area contributed by atoms with E-state index in [-0.39, 0.29) is 12.2 Å². The molecule has 41 heavy (non-hydrogen) atoms. The van der Waals surface area contributed by atoms with E-state index in [1.165, 1.54) is 17.8 Å². The molecular formula is C32H35Cl2N3O3S. The minimum Gasteiger partial charge on any atom is -0.389 e. The Labute approximate surface area is 255 Å². The molecule has 0 amide bonds. The second-order valence-corrected chi connectivity index (χ2v) is 13.4. The van der Waals surface area contributed by atoms with Gasteiger partial charge in [-0.05, 0) is 80.7 Å². The van der Waals surface area contributed by atoms with Crippen LogP contribution in [0, 0.1) is 23.2 Å². The summed E-state index contributed by atoms with van der Waals surface area (Å²) < 4.78 is 13.4. The predicted molar refractivity (Wildman–Crippen MR) is 164 cm³/mol. The Kier molecular flexibility index (Phi) is 9.37. The highest BCUT2D eigenvalue weighted by molar-refractivity contribution is 7.18. The molecular weight excluding hydrogens is 577 g/mol. The number of rotatable bonds is 7. The van der Waals surface area contributed by atoms with Crippen LogP contribution >= 0.6 is 34.5 Å². The molecule has 2 unspecified atom stereocenters. The Balaban J connectivity index is 0.000000216. The Morgan fingerprint density at radius 1 is 1.15 bits per heavy atom. The quantitative estimate of drug-likeness (QED) is 0.224. The molecule has 2 fully saturated rings. The van der Waals surface area contributed by atoms with Crippen molar-refractivity contribution in [3.63, 3.8) is 0 Å². The zero-order valence-electron chi connectivity index (χ0n) is 23.6. The van der Waals surface area contributed by atoms with Crippen LogP contribution in [-0.4, -0.2) is 20.8 Å². The maximum atomic E-state index is 8.85. The molecule has 2 heterocycles. The van der Waals surface area contributed by atoms with Crippen LogP contribution in [0.3, 0.4) is 0 Å². The van der Waals surface area contributed by atoms with Crippen LogP contribution in [0.2, 0.25) is 10.0 Å². The van der Waals surface area contributed by atoms with Crippen LogP contribution in [0.15, 0.2) is 40.9 Å². The molecule has 2 aliphatic carbocycles. The number of aliphatic hydroxyl groups is 1. The number of hydrogen-bond acceptors (Lipinski definition) is 7. The average molecular weight is 613 g/mol. The zero-order valence-corrected chi connectivity index (χ0v) is 26.0. The van der Waals surface area contributed by atoms with Gasteiger partial charge >= 0.3 is 0 Å². The molecule has 3 atom stereocenters. The summed E-state index contributed by atoms with van der Waals surface area (Å²) in [4.78, 5) is 4.17. The number of nitrogens with zero attached hydrogens (tertiary/aromatic N) is 3. The smallest absolute Gasteiger partial charge is 0.145 e. The largest absolute Gasteiger partial charge is 0.389 e. The molecule has 0 bridgehead atoms. The van der Waals surface area contributed by atoms with E-state index in [0.717, 1.165) is 64.9 Å². The molecule has 2 aliphatic rings. The SMILES string of the molecule is CCC1(OCc2c(-c3c(Cl)cccc3Cl)noc2C2CC2)CC(C)C[C@@H](C)C1.N#Cc1ccc2nc(CO)sc2c1. The number of halogens is 2. The van der Waals surface area contributed by atoms with E-state index in [1.54, 1.807) is 18.2 Å². The number of ether oxygens (including phenoxy) is 1. The van der Waals surface area contributed by atoms with E-state index >= 15 is 0 Å². The van der Waals surface area contributed by atoms with Crippen LogP contribution in [0.5, 0.6) is 0 Å². The summed E-state index contributed by atoms with van der Waals surface area (Å²) in [5.74, 6) is 2.77. The van der Waals surface area contributed by atoms with Gasteiger partial charge < -0.3 is 14.4 Å². The molecule has 9 heteroatoms. The van der Waals surface area contributed by atoms with E-state index in [1.807, 2.05) is 18.2 Å². The van der Waals surface area contributed by atoms with Crippen molar-refractivity contribution in [1.82, 2.24) is 10.1 Å². The van der Waals surface area contributed by atoms with Crippen LogP contribution in [0.25, 0.3) is 21.5 Å². The van der Waals surface area contributed by atoms with Gasteiger partial charge in [-0.15, -0.1) is 11.3 Å². The average Bonchev–Trinajstić information content (AvgIpc) is 3.58. The van der Waals surface area contributed by atoms with Crippen molar-refractivity contribution in [3.05, 3.63) is 68.3 Å². The summed E-state index contributed by atoms with van der Waals surface area (Å²) in [6.07, 6.45) is 6.82. The fraction of sp³-hybridized carbons (Fsp3) is 0.469. The Morgan fingerprint density at radius 2 is 1.85 bits per heavy atom. The van der Waals surface area contributed by atoms with Crippen LogP contribution in [0.4, 0.5) is 0 Å². The van der Waals surface area contributed by atoms with Gasteiger partial charge in [-0.3, -0.25) is 0 Å². The third kappa shape index (κ3) is 6.79. The number of fused-ring (bicyclic) bond motifs is 1. The van der Waals surface area contributed by atoms with E-state index in [2.05, 4.69) is 37.0 Å². The van der Waals surface area contributed by atoms with Gasteiger partial charge in [0.2, 0.25) is 0 Å². The van der Waals surface area contributed by atoms with Crippen molar-refractivity contribution in [1.29, 1.82) is 5.26 Å². The maximum Gasteiger partial charge on any atom is 0.145 e. The number of thiazole rings is 1. The molecule has 0 spiro atoms. The van der Waals surface area contributed by atoms with Gasteiger partial charge in [0.25, 0.3) is 0 Å². The Morgan fingerprint density at radius 3 is 2.46 bits per heavy atom. The second-order valence-electron chi connectivity index (χ2n) is 11.5. The normalized spacial score (nSPS) is 22.3. The first kappa shape index (κ1) is 30.0. The highest BCUT2D eigenvalue weighted by Gasteiger charge is 2.39. The van der Waals surface area contributed by atoms with Crippen LogP contribution in [-0.2, 0) is 18.0 Å². The van der Waals surface area contributed by atoms with Crippen LogP contribution in [0.1, 0.15) is 87.1 Å². The maximum absolute atomic E-state index is 8.85. The van der Waals surface area contributed by atoms with Gasteiger partial charge in [0.05, 0.1) is 50.7 Å². The molecule has 4 aromatic rings. The van der Waals surface area contributed by atoms with Crippen LogP contribution < -0.4 is 0 Å². The minimum atomic E-state index is -0.0727. The Hall–Kier alpha value is -2.47. The first-order valence-corrected chi connectivity index (χ1v) is 15.8. The van der Waals surface area contributed by atoms with Gasteiger partial charge in [0, 0.05) is 17.0 Å². The van der Waals surface area contributed by atoms with E-state index < -0.39 is 0 Å². The molecule has 6 nitrogen and oxygen atoms in total. The van der Waals surface area contributed by atoms with Crippen molar-refractivity contribution < 1.29 is 14.4 Å². The standard InChI is InChI=1S/C23H29Cl2NO2.C9H6N2OS/c1-4-23(11-14(2)10-15(3)12-23)27-13-17-21(26-28-22(17)16-8-9-16)20-18(24)6-5-7-19(20)25;10-4-6-1-2-7-8(3-6)13-9(5-12)11-7/h5-7,14-16H,4,8-13H2,1-3H3;1-3,12H,5H2/t14-,15?,23?;/m1./s1. The second kappa shape index (κ2) is 12.8. The van der Waals surface area contributed by atoms with Gasteiger partial charge in [0.1, 0.15) is 16.5 Å².